The fourth-order valence-corrected chi connectivity index (χ4v) is 4.33. The molecule has 0 aromatic heterocycles. The Labute approximate surface area is 125 Å². The SMILES string of the molecule is CC1(C)CCC(CN2CCC(N3CCNCC3)C2)CC1. The second-order valence-corrected chi connectivity index (χ2v) is 8.10. The average molecular weight is 279 g/mol. The van der Waals surface area contributed by atoms with Crippen molar-refractivity contribution in [3.05, 3.63) is 0 Å². The molecule has 0 spiro atoms. The van der Waals surface area contributed by atoms with E-state index in [1.807, 2.05) is 0 Å². The van der Waals surface area contributed by atoms with E-state index in [1.54, 1.807) is 0 Å². The Balaban J connectivity index is 1.41. The van der Waals surface area contributed by atoms with Crippen LogP contribution in [0.15, 0.2) is 0 Å². The molecule has 1 atom stereocenters. The van der Waals surface area contributed by atoms with Crippen LogP contribution in [0.4, 0.5) is 0 Å². The minimum absolute atomic E-state index is 0.616. The highest BCUT2D eigenvalue weighted by Crippen LogP contribution is 2.38. The van der Waals surface area contributed by atoms with Crippen molar-refractivity contribution >= 4 is 0 Å². The molecule has 20 heavy (non-hydrogen) atoms. The lowest BCUT2D eigenvalue weighted by atomic mass is 9.73. The van der Waals surface area contributed by atoms with E-state index < -0.39 is 0 Å². The Bertz CT molecular complexity index is 299. The zero-order valence-electron chi connectivity index (χ0n) is 13.5. The van der Waals surface area contributed by atoms with Crippen molar-refractivity contribution in [1.29, 1.82) is 0 Å². The van der Waals surface area contributed by atoms with Crippen molar-refractivity contribution < 1.29 is 0 Å². The quantitative estimate of drug-likeness (QED) is 0.854. The molecule has 1 unspecified atom stereocenters. The second kappa shape index (κ2) is 6.33. The molecule has 0 aromatic carbocycles. The summed E-state index contributed by atoms with van der Waals surface area (Å²) in [6, 6.07) is 0.845. The van der Waals surface area contributed by atoms with Gasteiger partial charge in [-0.3, -0.25) is 4.90 Å². The number of hydrogen-bond acceptors (Lipinski definition) is 3. The number of likely N-dealkylation sites (tertiary alicyclic amines) is 1. The monoisotopic (exact) mass is 279 g/mol. The summed E-state index contributed by atoms with van der Waals surface area (Å²) in [5, 5.41) is 3.47. The Morgan fingerprint density at radius 2 is 1.70 bits per heavy atom. The number of nitrogens with one attached hydrogen (secondary N) is 1. The third-order valence-electron chi connectivity index (χ3n) is 5.89. The molecule has 0 radical (unpaired) electrons. The van der Waals surface area contributed by atoms with Crippen molar-refractivity contribution in [2.45, 2.75) is 52.0 Å². The molecule has 1 saturated carbocycles. The first-order valence-corrected chi connectivity index (χ1v) is 8.79. The van der Waals surface area contributed by atoms with Gasteiger partial charge in [-0.2, -0.15) is 0 Å². The topological polar surface area (TPSA) is 18.5 Å². The highest BCUT2D eigenvalue weighted by atomic mass is 15.3. The summed E-state index contributed by atoms with van der Waals surface area (Å²) >= 11 is 0. The van der Waals surface area contributed by atoms with Gasteiger partial charge in [-0.25, -0.2) is 0 Å². The lowest BCUT2D eigenvalue weighted by Gasteiger charge is -2.36. The predicted molar refractivity (Wildman–Crippen MR) is 85.0 cm³/mol. The van der Waals surface area contributed by atoms with E-state index in [0.29, 0.717) is 5.41 Å². The Morgan fingerprint density at radius 3 is 2.40 bits per heavy atom. The summed E-state index contributed by atoms with van der Waals surface area (Å²) < 4.78 is 0. The minimum Gasteiger partial charge on any atom is -0.314 e. The van der Waals surface area contributed by atoms with Crippen molar-refractivity contribution in [3.63, 3.8) is 0 Å². The third-order valence-corrected chi connectivity index (χ3v) is 5.89. The molecule has 3 aliphatic rings. The zero-order valence-corrected chi connectivity index (χ0v) is 13.5. The normalized spacial score (nSPS) is 33.6. The van der Waals surface area contributed by atoms with E-state index in [9.17, 15) is 0 Å². The molecule has 1 N–H and O–H groups in total. The van der Waals surface area contributed by atoms with Gasteiger partial charge in [0, 0.05) is 45.3 Å². The zero-order chi connectivity index (χ0) is 14.0. The first-order valence-electron chi connectivity index (χ1n) is 8.79. The van der Waals surface area contributed by atoms with Crippen molar-refractivity contribution in [3.8, 4) is 0 Å². The number of nitrogens with zero attached hydrogens (tertiary/aromatic N) is 2. The Kier molecular flexibility index (Phi) is 4.68. The van der Waals surface area contributed by atoms with Crippen molar-refractivity contribution in [1.82, 2.24) is 15.1 Å². The van der Waals surface area contributed by atoms with Gasteiger partial charge in [0.1, 0.15) is 0 Å². The largest absolute Gasteiger partial charge is 0.314 e. The van der Waals surface area contributed by atoms with E-state index in [4.69, 9.17) is 0 Å². The first kappa shape index (κ1) is 14.8. The van der Waals surface area contributed by atoms with Gasteiger partial charge in [-0.1, -0.05) is 13.8 Å². The van der Waals surface area contributed by atoms with Crippen molar-refractivity contribution in [2.75, 3.05) is 45.8 Å². The van der Waals surface area contributed by atoms with Crippen molar-refractivity contribution in [2.24, 2.45) is 11.3 Å². The Hall–Kier alpha value is -0.120. The van der Waals surface area contributed by atoms with Gasteiger partial charge in [0.25, 0.3) is 0 Å². The molecule has 1 aliphatic carbocycles. The van der Waals surface area contributed by atoms with E-state index in [0.717, 1.165) is 12.0 Å². The Morgan fingerprint density at radius 1 is 1.00 bits per heavy atom. The maximum atomic E-state index is 3.47. The van der Waals surface area contributed by atoms with Crippen LogP contribution in [0, 0.1) is 11.3 Å². The fourth-order valence-electron chi connectivity index (χ4n) is 4.33. The van der Waals surface area contributed by atoms with E-state index in [1.165, 1.54) is 77.9 Å². The van der Waals surface area contributed by atoms with Crippen LogP contribution in [-0.4, -0.2) is 61.7 Å². The molecule has 0 aromatic rings. The third kappa shape index (κ3) is 3.75. The summed E-state index contributed by atoms with van der Waals surface area (Å²) in [7, 11) is 0. The predicted octanol–water partition coefficient (Wildman–Crippen LogP) is 2.18. The van der Waals surface area contributed by atoms with Crippen LogP contribution in [0.3, 0.4) is 0 Å². The minimum atomic E-state index is 0.616. The number of piperazine rings is 1. The molecular weight excluding hydrogens is 246 g/mol. The van der Waals surface area contributed by atoms with E-state index in [2.05, 4.69) is 29.0 Å². The highest BCUT2D eigenvalue weighted by Gasteiger charge is 2.32. The summed E-state index contributed by atoms with van der Waals surface area (Å²) in [6.07, 6.45) is 7.20. The molecule has 116 valence electrons. The maximum absolute atomic E-state index is 3.47. The molecule has 3 fully saturated rings. The van der Waals surface area contributed by atoms with Crippen LogP contribution in [0.25, 0.3) is 0 Å². The van der Waals surface area contributed by atoms with Gasteiger partial charge in [0.15, 0.2) is 0 Å². The van der Waals surface area contributed by atoms with Crippen LogP contribution in [0.2, 0.25) is 0 Å². The molecule has 2 aliphatic heterocycles. The summed E-state index contributed by atoms with van der Waals surface area (Å²) in [6.45, 7) is 13.8. The smallest absolute Gasteiger partial charge is 0.0236 e. The summed E-state index contributed by atoms with van der Waals surface area (Å²) in [4.78, 5) is 5.48. The molecule has 3 nitrogen and oxygen atoms in total. The second-order valence-electron chi connectivity index (χ2n) is 8.10. The molecular formula is C17H33N3. The van der Waals surface area contributed by atoms with Gasteiger partial charge >= 0.3 is 0 Å². The standard InChI is InChI=1S/C17H33N3/c1-17(2)6-3-15(4-7-17)13-19-10-5-16(14-19)20-11-8-18-9-12-20/h15-16,18H,3-14H2,1-2H3. The molecule has 2 heterocycles. The molecule has 3 heteroatoms. The van der Waals surface area contributed by atoms with Gasteiger partial charge in [-0.15, -0.1) is 0 Å². The first-order chi connectivity index (χ1) is 9.62. The lowest BCUT2D eigenvalue weighted by molar-refractivity contribution is 0.141. The highest BCUT2D eigenvalue weighted by molar-refractivity contribution is 4.87. The molecule has 0 bridgehead atoms. The summed E-state index contributed by atoms with van der Waals surface area (Å²) in [5.74, 6) is 0.977. The van der Waals surface area contributed by atoms with Gasteiger partial charge < -0.3 is 10.2 Å². The van der Waals surface area contributed by atoms with Crippen LogP contribution >= 0.6 is 0 Å². The number of rotatable bonds is 3. The van der Waals surface area contributed by atoms with Gasteiger partial charge in [0.2, 0.25) is 0 Å². The van der Waals surface area contributed by atoms with Crippen LogP contribution in [0.1, 0.15) is 46.0 Å². The molecule has 3 rings (SSSR count). The molecule has 0 amide bonds. The van der Waals surface area contributed by atoms with Crippen LogP contribution in [0.5, 0.6) is 0 Å². The summed E-state index contributed by atoms with van der Waals surface area (Å²) in [5.41, 5.74) is 0.616. The van der Waals surface area contributed by atoms with Crippen LogP contribution in [-0.2, 0) is 0 Å². The van der Waals surface area contributed by atoms with Crippen LogP contribution < -0.4 is 5.32 Å². The average Bonchev–Trinajstić information content (AvgIpc) is 2.91. The lowest BCUT2D eigenvalue weighted by Crippen LogP contribution is -2.49. The maximum Gasteiger partial charge on any atom is 0.0236 e. The van der Waals surface area contributed by atoms with Gasteiger partial charge in [0.05, 0.1) is 0 Å². The fraction of sp³-hybridized carbons (Fsp3) is 1.00. The van der Waals surface area contributed by atoms with E-state index >= 15 is 0 Å². The number of hydrogen-bond donors (Lipinski definition) is 1. The molecule has 2 saturated heterocycles. The van der Waals surface area contributed by atoms with Gasteiger partial charge in [-0.05, 0) is 50.0 Å². The van der Waals surface area contributed by atoms with E-state index in [-0.39, 0.29) is 0 Å².